The summed E-state index contributed by atoms with van der Waals surface area (Å²) in [5.74, 6) is -2.04. The maximum atomic E-state index is 12.8. The van der Waals surface area contributed by atoms with Crippen molar-refractivity contribution in [3.05, 3.63) is 54.1 Å². The Labute approximate surface area is 213 Å². The van der Waals surface area contributed by atoms with Crippen molar-refractivity contribution in [3.8, 4) is 16.9 Å². The molecule has 10 heteroatoms. The Kier molecular flexibility index (Phi) is 8.04. The molecular weight excluding hydrogens is 487 g/mol. The molecule has 2 aromatic carbocycles. The molecule has 198 valence electrons. The minimum Gasteiger partial charge on any atom is -0.491 e. The van der Waals surface area contributed by atoms with Crippen LogP contribution in [0.3, 0.4) is 0 Å². The number of carbonyl (C=O) groups is 2. The van der Waals surface area contributed by atoms with Gasteiger partial charge in [-0.1, -0.05) is 36.4 Å². The van der Waals surface area contributed by atoms with Gasteiger partial charge in [-0.3, -0.25) is 15.0 Å². The van der Waals surface area contributed by atoms with Crippen molar-refractivity contribution < 1.29 is 32.2 Å². The Hall–Kier alpha value is -3.56. The lowest BCUT2D eigenvalue weighted by molar-refractivity contribution is -0.188. The van der Waals surface area contributed by atoms with Crippen LogP contribution in [0.2, 0.25) is 0 Å². The van der Waals surface area contributed by atoms with Gasteiger partial charge in [-0.2, -0.15) is 13.2 Å². The lowest BCUT2D eigenvalue weighted by Gasteiger charge is -2.29. The average molecular weight is 518 g/mol. The van der Waals surface area contributed by atoms with Crippen molar-refractivity contribution in [1.29, 1.82) is 5.41 Å². The second kappa shape index (κ2) is 11.2. The Morgan fingerprint density at radius 3 is 2.16 bits per heavy atom. The van der Waals surface area contributed by atoms with Crippen molar-refractivity contribution in [1.82, 2.24) is 5.32 Å². The molecule has 1 aliphatic heterocycles. The SMILES string of the molecule is N=C(N)c1ccc(-c2ccc(OC[C@@H]3C[C@@H](CC(=O)OC4CCC(C(F)(F)F)CC4)C(=O)N3)cc2)cc1. The Balaban J connectivity index is 1.20. The summed E-state index contributed by atoms with van der Waals surface area (Å²) in [6, 6.07) is 14.6. The van der Waals surface area contributed by atoms with E-state index in [0.29, 0.717) is 17.7 Å². The van der Waals surface area contributed by atoms with E-state index in [0.717, 1.165) is 11.1 Å². The van der Waals surface area contributed by atoms with Gasteiger partial charge < -0.3 is 20.5 Å². The predicted molar refractivity (Wildman–Crippen MR) is 131 cm³/mol. The van der Waals surface area contributed by atoms with Crippen molar-refractivity contribution in [2.24, 2.45) is 17.6 Å². The van der Waals surface area contributed by atoms with Gasteiger partial charge >= 0.3 is 12.1 Å². The van der Waals surface area contributed by atoms with Gasteiger partial charge in [0.2, 0.25) is 5.91 Å². The van der Waals surface area contributed by atoms with E-state index in [1.807, 2.05) is 36.4 Å². The molecule has 1 amide bonds. The van der Waals surface area contributed by atoms with Crippen molar-refractivity contribution in [2.45, 2.75) is 56.8 Å². The number of nitrogens with one attached hydrogen (secondary N) is 2. The summed E-state index contributed by atoms with van der Waals surface area (Å²) < 4.78 is 49.6. The zero-order chi connectivity index (χ0) is 26.6. The third-order valence-electron chi connectivity index (χ3n) is 6.97. The molecule has 4 rings (SSSR count). The summed E-state index contributed by atoms with van der Waals surface area (Å²) in [4.78, 5) is 24.6. The monoisotopic (exact) mass is 517 g/mol. The molecule has 0 radical (unpaired) electrons. The summed E-state index contributed by atoms with van der Waals surface area (Å²) in [6.07, 6.45) is -4.13. The molecule has 7 nitrogen and oxygen atoms in total. The maximum absolute atomic E-state index is 12.8. The minimum atomic E-state index is -4.21. The largest absolute Gasteiger partial charge is 0.491 e. The standard InChI is InChI=1S/C27H30F3N3O4/c28-27(29,30)20-7-11-23(12-8-20)37-24(34)14-19-13-21(33-26(19)35)15-36-22-9-5-17(6-10-22)16-1-3-18(4-2-16)25(31)32/h1-6,9-10,19-21,23H,7-8,11-15H2,(H3,31,32)(H,33,35)/t19-,20?,21-,23?/m0/s1. The van der Waals surface area contributed by atoms with Crippen molar-refractivity contribution in [2.75, 3.05) is 6.61 Å². The lowest BCUT2D eigenvalue weighted by Crippen LogP contribution is -2.32. The Bertz CT molecular complexity index is 1110. The van der Waals surface area contributed by atoms with E-state index in [1.54, 1.807) is 12.1 Å². The van der Waals surface area contributed by atoms with Gasteiger partial charge in [-0.25, -0.2) is 0 Å². The summed E-state index contributed by atoms with van der Waals surface area (Å²) in [5.41, 5.74) is 8.09. The second-order valence-corrected chi connectivity index (χ2v) is 9.67. The van der Waals surface area contributed by atoms with E-state index in [-0.39, 0.29) is 56.5 Å². The number of carbonyl (C=O) groups excluding carboxylic acids is 2. The Morgan fingerprint density at radius 1 is 1.00 bits per heavy atom. The molecule has 1 heterocycles. The third-order valence-corrected chi connectivity index (χ3v) is 6.97. The fourth-order valence-electron chi connectivity index (χ4n) is 4.84. The first-order valence-electron chi connectivity index (χ1n) is 12.3. The van der Waals surface area contributed by atoms with Gasteiger partial charge in [-0.05, 0) is 55.4 Å². The first-order chi connectivity index (χ1) is 17.6. The number of ether oxygens (including phenoxy) is 2. The van der Waals surface area contributed by atoms with E-state index < -0.39 is 30.1 Å². The molecule has 2 atom stereocenters. The van der Waals surface area contributed by atoms with Crippen LogP contribution in [0.25, 0.3) is 11.1 Å². The number of hydrogen-bond donors (Lipinski definition) is 3. The number of nitrogens with two attached hydrogens (primary N) is 1. The quantitative estimate of drug-likeness (QED) is 0.270. The number of alkyl halides is 3. The fourth-order valence-corrected chi connectivity index (χ4v) is 4.84. The number of nitrogen functional groups attached to an aromatic ring is 1. The first kappa shape index (κ1) is 26.5. The summed E-state index contributed by atoms with van der Waals surface area (Å²) in [7, 11) is 0. The molecule has 1 saturated carbocycles. The number of benzene rings is 2. The summed E-state index contributed by atoms with van der Waals surface area (Å²) in [5, 5.41) is 10.3. The highest BCUT2D eigenvalue weighted by atomic mass is 19.4. The van der Waals surface area contributed by atoms with Crippen LogP contribution in [0.15, 0.2) is 48.5 Å². The van der Waals surface area contributed by atoms with Gasteiger partial charge in [0.25, 0.3) is 0 Å². The maximum Gasteiger partial charge on any atom is 0.391 e. The average Bonchev–Trinajstić information content (AvgIpc) is 3.21. The zero-order valence-electron chi connectivity index (χ0n) is 20.2. The third kappa shape index (κ3) is 7.02. The number of amides is 1. The summed E-state index contributed by atoms with van der Waals surface area (Å²) >= 11 is 0. The fraction of sp³-hybridized carbons (Fsp3) is 0.444. The molecular formula is C27H30F3N3O4. The van der Waals surface area contributed by atoms with Gasteiger partial charge in [0.15, 0.2) is 0 Å². The van der Waals surface area contributed by atoms with Crippen LogP contribution in [-0.2, 0) is 14.3 Å². The molecule has 0 unspecified atom stereocenters. The number of rotatable bonds is 8. The van der Waals surface area contributed by atoms with E-state index >= 15 is 0 Å². The molecule has 2 aromatic rings. The van der Waals surface area contributed by atoms with Gasteiger partial charge in [0, 0.05) is 5.56 Å². The highest BCUT2D eigenvalue weighted by Gasteiger charge is 2.42. The van der Waals surface area contributed by atoms with E-state index in [9.17, 15) is 22.8 Å². The van der Waals surface area contributed by atoms with Crippen LogP contribution in [-0.4, -0.2) is 42.6 Å². The Morgan fingerprint density at radius 2 is 1.59 bits per heavy atom. The molecule has 4 N–H and O–H groups in total. The van der Waals surface area contributed by atoms with Crippen molar-refractivity contribution >= 4 is 17.7 Å². The van der Waals surface area contributed by atoms with Gasteiger partial charge in [0.1, 0.15) is 24.3 Å². The molecule has 0 bridgehead atoms. The number of halogens is 3. The van der Waals surface area contributed by atoms with Crippen LogP contribution in [0.4, 0.5) is 13.2 Å². The second-order valence-electron chi connectivity index (χ2n) is 9.67. The van der Waals surface area contributed by atoms with Crippen LogP contribution >= 0.6 is 0 Å². The smallest absolute Gasteiger partial charge is 0.391 e. The predicted octanol–water partition coefficient (Wildman–Crippen LogP) is 4.58. The van der Waals surface area contributed by atoms with E-state index in [4.69, 9.17) is 20.6 Å². The molecule has 37 heavy (non-hydrogen) atoms. The molecule has 0 aromatic heterocycles. The highest BCUT2D eigenvalue weighted by molar-refractivity contribution is 5.95. The van der Waals surface area contributed by atoms with Crippen LogP contribution < -0.4 is 15.8 Å². The first-order valence-corrected chi connectivity index (χ1v) is 12.3. The summed E-state index contributed by atoms with van der Waals surface area (Å²) in [6.45, 7) is 0.241. The molecule has 1 saturated heterocycles. The zero-order valence-corrected chi connectivity index (χ0v) is 20.2. The molecule has 0 spiro atoms. The van der Waals surface area contributed by atoms with E-state index in [2.05, 4.69) is 5.32 Å². The lowest BCUT2D eigenvalue weighted by atomic mass is 9.87. The topological polar surface area (TPSA) is 115 Å². The van der Waals surface area contributed by atoms with Gasteiger partial charge in [-0.15, -0.1) is 0 Å². The number of amidine groups is 1. The number of esters is 1. The van der Waals surface area contributed by atoms with Gasteiger partial charge in [0.05, 0.1) is 24.3 Å². The number of hydrogen-bond acceptors (Lipinski definition) is 5. The molecule has 2 fully saturated rings. The molecule has 2 aliphatic rings. The highest BCUT2D eigenvalue weighted by Crippen LogP contribution is 2.38. The normalized spacial score (nSPS) is 23.8. The van der Waals surface area contributed by atoms with Crippen LogP contribution in [0.5, 0.6) is 5.75 Å². The van der Waals surface area contributed by atoms with E-state index in [1.165, 1.54) is 0 Å². The van der Waals surface area contributed by atoms with Crippen LogP contribution in [0, 0.1) is 17.2 Å². The van der Waals surface area contributed by atoms with Crippen molar-refractivity contribution in [3.63, 3.8) is 0 Å². The molecule has 1 aliphatic carbocycles. The van der Waals surface area contributed by atoms with Crippen LogP contribution in [0.1, 0.15) is 44.1 Å². The minimum absolute atomic E-state index is 0.0141.